The predicted octanol–water partition coefficient (Wildman–Crippen LogP) is 2.80. The van der Waals surface area contributed by atoms with Gasteiger partial charge in [-0.2, -0.15) is 0 Å². The molecular weight excluding hydrogens is 286 g/mol. The number of amides is 1. The van der Waals surface area contributed by atoms with E-state index in [4.69, 9.17) is 0 Å². The SMILES string of the molecule is CC1CC(C)CN(C(=O)C2CCN(Cc3ccccn3)CC2)C1. The lowest BCUT2D eigenvalue weighted by Crippen LogP contribution is -2.47. The Morgan fingerprint density at radius 2 is 1.87 bits per heavy atom. The summed E-state index contributed by atoms with van der Waals surface area (Å²) in [6.45, 7) is 9.36. The number of carbonyl (C=O) groups excluding carboxylic acids is 1. The van der Waals surface area contributed by atoms with E-state index in [1.807, 2.05) is 18.3 Å². The molecule has 3 heterocycles. The van der Waals surface area contributed by atoms with E-state index in [1.165, 1.54) is 6.42 Å². The van der Waals surface area contributed by atoms with Crippen molar-refractivity contribution in [3.8, 4) is 0 Å². The summed E-state index contributed by atoms with van der Waals surface area (Å²) in [7, 11) is 0. The van der Waals surface area contributed by atoms with Gasteiger partial charge in [0.2, 0.25) is 5.91 Å². The molecule has 0 bridgehead atoms. The Hall–Kier alpha value is -1.42. The van der Waals surface area contributed by atoms with Crippen LogP contribution in [0.5, 0.6) is 0 Å². The lowest BCUT2D eigenvalue weighted by molar-refractivity contribution is -0.139. The van der Waals surface area contributed by atoms with Crippen LogP contribution in [-0.2, 0) is 11.3 Å². The minimum Gasteiger partial charge on any atom is -0.342 e. The highest BCUT2D eigenvalue weighted by Gasteiger charge is 2.32. The molecule has 126 valence electrons. The number of likely N-dealkylation sites (tertiary alicyclic amines) is 2. The number of hydrogen-bond acceptors (Lipinski definition) is 3. The molecule has 0 N–H and O–H groups in total. The third-order valence-corrected chi connectivity index (χ3v) is 5.23. The summed E-state index contributed by atoms with van der Waals surface area (Å²) in [5, 5.41) is 0. The normalized spacial score (nSPS) is 27.1. The molecule has 2 fully saturated rings. The Morgan fingerprint density at radius 1 is 1.17 bits per heavy atom. The Bertz CT molecular complexity index is 501. The summed E-state index contributed by atoms with van der Waals surface area (Å²) >= 11 is 0. The van der Waals surface area contributed by atoms with E-state index in [1.54, 1.807) is 0 Å². The van der Waals surface area contributed by atoms with Crippen molar-refractivity contribution in [2.45, 2.75) is 39.7 Å². The second-order valence-corrected chi connectivity index (χ2v) is 7.56. The van der Waals surface area contributed by atoms with Crippen molar-refractivity contribution in [2.24, 2.45) is 17.8 Å². The quantitative estimate of drug-likeness (QED) is 0.860. The summed E-state index contributed by atoms with van der Waals surface area (Å²) < 4.78 is 0. The summed E-state index contributed by atoms with van der Waals surface area (Å²) in [6, 6.07) is 6.07. The van der Waals surface area contributed by atoms with E-state index in [-0.39, 0.29) is 5.92 Å². The third-order valence-electron chi connectivity index (χ3n) is 5.23. The van der Waals surface area contributed by atoms with Gasteiger partial charge in [-0.05, 0) is 56.3 Å². The van der Waals surface area contributed by atoms with Crippen LogP contribution in [0.2, 0.25) is 0 Å². The smallest absolute Gasteiger partial charge is 0.225 e. The van der Waals surface area contributed by atoms with Gasteiger partial charge in [-0.1, -0.05) is 19.9 Å². The Kier molecular flexibility index (Phi) is 5.31. The number of rotatable bonds is 3. The highest BCUT2D eigenvalue weighted by Crippen LogP contribution is 2.26. The number of hydrogen-bond donors (Lipinski definition) is 0. The Morgan fingerprint density at radius 3 is 2.48 bits per heavy atom. The fraction of sp³-hybridized carbons (Fsp3) is 0.684. The maximum Gasteiger partial charge on any atom is 0.225 e. The van der Waals surface area contributed by atoms with Crippen LogP contribution >= 0.6 is 0 Å². The highest BCUT2D eigenvalue weighted by atomic mass is 16.2. The first-order valence-electron chi connectivity index (χ1n) is 9.03. The fourth-order valence-electron chi connectivity index (χ4n) is 4.16. The average molecular weight is 315 g/mol. The molecule has 0 radical (unpaired) electrons. The van der Waals surface area contributed by atoms with Crippen molar-refractivity contribution in [2.75, 3.05) is 26.2 Å². The summed E-state index contributed by atoms with van der Waals surface area (Å²) in [5.41, 5.74) is 1.12. The zero-order valence-corrected chi connectivity index (χ0v) is 14.4. The van der Waals surface area contributed by atoms with Crippen LogP contribution in [0.25, 0.3) is 0 Å². The first kappa shape index (κ1) is 16.4. The van der Waals surface area contributed by atoms with Gasteiger partial charge >= 0.3 is 0 Å². The van der Waals surface area contributed by atoms with E-state index in [0.29, 0.717) is 17.7 Å². The monoisotopic (exact) mass is 315 g/mol. The van der Waals surface area contributed by atoms with Gasteiger partial charge in [0.15, 0.2) is 0 Å². The lowest BCUT2D eigenvalue weighted by Gasteiger charge is -2.39. The van der Waals surface area contributed by atoms with E-state index >= 15 is 0 Å². The van der Waals surface area contributed by atoms with Crippen LogP contribution in [0.15, 0.2) is 24.4 Å². The van der Waals surface area contributed by atoms with E-state index in [2.05, 4.69) is 34.7 Å². The molecule has 2 aliphatic heterocycles. The highest BCUT2D eigenvalue weighted by molar-refractivity contribution is 5.79. The van der Waals surface area contributed by atoms with Crippen LogP contribution in [0.1, 0.15) is 38.8 Å². The van der Waals surface area contributed by atoms with Crippen LogP contribution in [-0.4, -0.2) is 46.9 Å². The molecule has 1 amide bonds. The Labute approximate surface area is 139 Å². The predicted molar refractivity (Wildman–Crippen MR) is 91.8 cm³/mol. The van der Waals surface area contributed by atoms with Crippen molar-refractivity contribution in [3.05, 3.63) is 30.1 Å². The molecule has 2 unspecified atom stereocenters. The van der Waals surface area contributed by atoms with Crippen molar-refractivity contribution in [1.29, 1.82) is 0 Å². The molecule has 4 heteroatoms. The van der Waals surface area contributed by atoms with Crippen LogP contribution in [0, 0.1) is 17.8 Å². The van der Waals surface area contributed by atoms with Gasteiger partial charge in [0.05, 0.1) is 5.69 Å². The van der Waals surface area contributed by atoms with Gasteiger partial charge in [0.1, 0.15) is 0 Å². The van der Waals surface area contributed by atoms with Gasteiger partial charge in [-0.15, -0.1) is 0 Å². The molecule has 0 saturated carbocycles. The summed E-state index contributed by atoms with van der Waals surface area (Å²) in [5.74, 6) is 1.92. The van der Waals surface area contributed by atoms with E-state index in [0.717, 1.165) is 51.3 Å². The summed E-state index contributed by atoms with van der Waals surface area (Å²) in [6.07, 6.45) is 5.09. The average Bonchev–Trinajstić information content (AvgIpc) is 2.55. The minimum absolute atomic E-state index is 0.229. The van der Waals surface area contributed by atoms with Gasteiger partial charge in [-0.3, -0.25) is 14.7 Å². The molecule has 0 spiro atoms. The van der Waals surface area contributed by atoms with Crippen molar-refractivity contribution < 1.29 is 4.79 Å². The zero-order valence-electron chi connectivity index (χ0n) is 14.4. The molecule has 3 rings (SSSR count). The van der Waals surface area contributed by atoms with Crippen molar-refractivity contribution >= 4 is 5.91 Å². The second-order valence-electron chi connectivity index (χ2n) is 7.56. The number of nitrogens with zero attached hydrogens (tertiary/aromatic N) is 3. The largest absolute Gasteiger partial charge is 0.342 e. The standard InChI is InChI=1S/C19H29N3O/c1-15-11-16(2)13-22(12-15)19(23)17-6-9-21(10-7-17)14-18-5-3-4-8-20-18/h3-5,8,15-17H,6-7,9-14H2,1-2H3. The molecule has 0 aromatic carbocycles. The first-order chi connectivity index (χ1) is 11.1. The number of carbonyl (C=O) groups is 1. The number of aromatic nitrogens is 1. The lowest BCUT2D eigenvalue weighted by atomic mass is 9.89. The molecule has 2 atom stereocenters. The molecule has 0 aliphatic carbocycles. The maximum atomic E-state index is 12.8. The molecule has 4 nitrogen and oxygen atoms in total. The molecule has 23 heavy (non-hydrogen) atoms. The van der Waals surface area contributed by atoms with Crippen molar-refractivity contribution in [1.82, 2.24) is 14.8 Å². The second kappa shape index (κ2) is 7.43. The van der Waals surface area contributed by atoms with Crippen LogP contribution in [0.3, 0.4) is 0 Å². The third kappa shape index (κ3) is 4.31. The molecule has 1 aromatic rings. The van der Waals surface area contributed by atoms with Gasteiger partial charge in [-0.25, -0.2) is 0 Å². The first-order valence-corrected chi connectivity index (χ1v) is 9.03. The summed E-state index contributed by atoms with van der Waals surface area (Å²) in [4.78, 5) is 21.8. The van der Waals surface area contributed by atoms with Crippen LogP contribution < -0.4 is 0 Å². The van der Waals surface area contributed by atoms with Crippen LogP contribution in [0.4, 0.5) is 0 Å². The number of pyridine rings is 1. The van der Waals surface area contributed by atoms with Gasteiger partial charge in [0, 0.05) is 31.7 Å². The van der Waals surface area contributed by atoms with Crippen molar-refractivity contribution in [3.63, 3.8) is 0 Å². The van der Waals surface area contributed by atoms with E-state index < -0.39 is 0 Å². The molecular formula is C19H29N3O. The fourth-order valence-corrected chi connectivity index (χ4v) is 4.16. The van der Waals surface area contributed by atoms with Gasteiger partial charge < -0.3 is 4.90 Å². The molecule has 1 aromatic heterocycles. The maximum absolute atomic E-state index is 12.8. The zero-order chi connectivity index (χ0) is 16.2. The number of piperidine rings is 2. The molecule has 2 saturated heterocycles. The van der Waals surface area contributed by atoms with Gasteiger partial charge in [0.25, 0.3) is 0 Å². The molecule has 2 aliphatic rings. The Balaban J connectivity index is 1.49. The topological polar surface area (TPSA) is 36.4 Å². The van der Waals surface area contributed by atoms with E-state index in [9.17, 15) is 4.79 Å². The minimum atomic E-state index is 0.229.